The summed E-state index contributed by atoms with van der Waals surface area (Å²) in [5.74, 6) is 0.310. The van der Waals surface area contributed by atoms with Gasteiger partial charge in [0.25, 0.3) is 0 Å². The molecule has 7 heteroatoms. The number of hydrogen-bond acceptors (Lipinski definition) is 4. The van der Waals surface area contributed by atoms with Crippen molar-refractivity contribution in [3.05, 3.63) is 106 Å². The summed E-state index contributed by atoms with van der Waals surface area (Å²) in [6.45, 7) is 2.31. The zero-order valence-corrected chi connectivity index (χ0v) is 17.5. The van der Waals surface area contributed by atoms with Gasteiger partial charge in [-0.1, -0.05) is 66.2 Å². The molecular formula is C23H21ClFN5. The van der Waals surface area contributed by atoms with E-state index in [4.69, 9.17) is 11.6 Å². The van der Waals surface area contributed by atoms with Crippen molar-refractivity contribution in [3.63, 3.8) is 0 Å². The standard InChI is InChI=1S/C23H21ClFN5/c1-16-9-6-7-14-21(16)30-23(26-27-28-30)22(17-10-4-3-5-11-17)29(2)15-18-19(24)12-8-13-20(18)25/h3-14,22H,15H2,1-2H3/t22-/m0/s1. The fourth-order valence-corrected chi connectivity index (χ4v) is 3.82. The first kappa shape index (κ1) is 20.2. The van der Waals surface area contributed by atoms with E-state index in [1.807, 2.05) is 73.5 Å². The van der Waals surface area contributed by atoms with Gasteiger partial charge in [-0.05, 0) is 53.7 Å². The molecule has 0 saturated carbocycles. The lowest BCUT2D eigenvalue weighted by atomic mass is 10.0. The van der Waals surface area contributed by atoms with Gasteiger partial charge in [-0.25, -0.2) is 4.39 Å². The Labute approximate surface area is 179 Å². The molecule has 4 rings (SSSR count). The van der Waals surface area contributed by atoms with Crippen LogP contribution in [0.4, 0.5) is 4.39 Å². The van der Waals surface area contributed by atoms with Gasteiger partial charge in [0.05, 0.1) is 11.7 Å². The van der Waals surface area contributed by atoms with Gasteiger partial charge in [0.15, 0.2) is 5.82 Å². The Morgan fingerprint density at radius 3 is 2.47 bits per heavy atom. The number of tetrazole rings is 1. The van der Waals surface area contributed by atoms with Crippen LogP contribution in [0.3, 0.4) is 0 Å². The highest BCUT2D eigenvalue weighted by Gasteiger charge is 2.27. The Hall–Kier alpha value is -3.09. The van der Waals surface area contributed by atoms with Gasteiger partial charge in [0.1, 0.15) is 5.82 Å². The second kappa shape index (κ2) is 8.73. The van der Waals surface area contributed by atoms with E-state index in [0.29, 0.717) is 23.0 Å². The third-order valence-electron chi connectivity index (χ3n) is 5.11. The van der Waals surface area contributed by atoms with Gasteiger partial charge in [-0.3, -0.25) is 4.90 Å². The van der Waals surface area contributed by atoms with Gasteiger partial charge in [-0.15, -0.1) is 5.10 Å². The van der Waals surface area contributed by atoms with E-state index in [1.54, 1.807) is 16.8 Å². The Morgan fingerprint density at radius 1 is 1.00 bits per heavy atom. The first-order valence-corrected chi connectivity index (χ1v) is 9.96. The first-order valence-electron chi connectivity index (χ1n) is 9.58. The van der Waals surface area contributed by atoms with Crippen LogP contribution in [0.25, 0.3) is 5.69 Å². The summed E-state index contributed by atoms with van der Waals surface area (Å²) in [5.41, 5.74) is 3.39. The van der Waals surface area contributed by atoms with Crippen LogP contribution in [0.2, 0.25) is 5.02 Å². The lowest BCUT2D eigenvalue weighted by molar-refractivity contribution is 0.255. The van der Waals surface area contributed by atoms with Crippen LogP contribution in [0.5, 0.6) is 0 Å². The van der Waals surface area contributed by atoms with Crippen molar-refractivity contribution in [3.8, 4) is 5.69 Å². The predicted molar refractivity (Wildman–Crippen MR) is 115 cm³/mol. The highest BCUT2D eigenvalue weighted by molar-refractivity contribution is 6.31. The maximum Gasteiger partial charge on any atom is 0.178 e. The lowest BCUT2D eigenvalue weighted by Crippen LogP contribution is -2.28. The second-order valence-electron chi connectivity index (χ2n) is 7.16. The number of aryl methyl sites for hydroxylation is 1. The van der Waals surface area contributed by atoms with Crippen molar-refractivity contribution >= 4 is 11.6 Å². The van der Waals surface area contributed by atoms with E-state index in [-0.39, 0.29) is 11.9 Å². The van der Waals surface area contributed by atoms with Crippen LogP contribution in [-0.4, -0.2) is 32.2 Å². The number of nitrogens with zero attached hydrogens (tertiary/aromatic N) is 5. The van der Waals surface area contributed by atoms with Crippen molar-refractivity contribution in [1.29, 1.82) is 0 Å². The summed E-state index contributed by atoms with van der Waals surface area (Å²) in [6, 6.07) is 22.3. The number of aromatic nitrogens is 4. The highest BCUT2D eigenvalue weighted by Crippen LogP contribution is 2.31. The van der Waals surface area contributed by atoms with Crippen LogP contribution in [0, 0.1) is 12.7 Å². The number of para-hydroxylation sites is 1. The molecule has 4 aromatic rings. The molecule has 0 spiro atoms. The van der Waals surface area contributed by atoms with E-state index < -0.39 is 0 Å². The van der Waals surface area contributed by atoms with Crippen LogP contribution < -0.4 is 0 Å². The molecule has 0 saturated heterocycles. The molecule has 5 nitrogen and oxygen atoms in total. The second-order valence-corrected chi connectivity index (χ2v) is 7.57. The largest absolute Gasteiger partial charge is 0.288 e. The normalized spacial score (nSPS) is 12.3. The highest BCUT2D eigenvalue weighted by atomic mass is 35.5. The van der Waals surface area contributed by atoms with Crippen molar-refractivity contribution < 1.29 is 4.39 Å². The number of benzene rings is 3. The summed E-state index contributed by atoms with van der Waals surface area (Å²) in [5, 5.41) is 12.9. The number of hydrogen-bond donors (Lipinski definition) is 0. The van der Waals surface area contributed by atoms with Crippen LogP contribution in [0.15, 0.2) is 72.8 Å². The molecule has 0 amide bonds. The fraction of sp³-hybridized carbons (Fsp3) is 0.174. The fourth-order valence-electron chi connectivity index (χ4n) is 3.60. The molecule has 3 aromatic carbocycles. The van der Waals surface area contributed by atoms with Crippen LogP contribution in [0.1, 0.15) is 28.6 Å². The quantitative estimate of drug-likeness (QED) is 0.440. The first-order chi connectivity index (χ1) is 14.6. The molecule has 1 heterocycles. The van der Waals surface area contributed by atoms with Crippen LogP contribution in [-0.2, 0) is 6.54 Å². The maximum absolute atomic E-state index is 14.5. The topological polar surface area (TPSA) is 46.8 Å². The molecule has 0 aliphatic carbocycles. The number of halogens is 2. The van der Waals surface area contributed by atoms with Crippen LogP contribution >= 0.6 is 11.6 Å². The summed E-state index contributed by atoms with van der Waals surface area (Å²) < 4.78 is 16.2. The van der Waals surface area contributed by atoms with Crippen molar-refractivity contribution in [2.24, 2.45) is 0 Å². The number of rotatable bonds is 6. The lowest BCUT2D eigenvalue weighted by Gasteiger charge is -2.28. The third-order valence-corrected chi connectivity index (χ3v) is 5.46. The van der Waals surface area contributed by atoms with Gasteiger partial charge in [0, 0.05) is 17.1 Å². The molecule has 0 N–H and O–H groups in total. The van der Waals surface area contributed by atoms with E-state index in [1.165, 1.54) is 6.07 Å². The Bertz CT molecular complexity index is 1130. The molecule has 152 valence electrons. The molecule has 0 fully saturated rings. The molecule has 30 heavy (non-hydrogen) atoms. The molecular weight excluding hydrogens is 401 g/mol. The molecule has 1 aromatic heterocycles. The van der Waals surface area contributed by atoms with E-state index >= 15 is 0 Å². The average molecular weight is 422 g/mol. The van der Waals surface area contributed by atoms with Gasteiger partial charge in [-0.2, -0.15) is 4.68 Å². The molecule has 1 atom stereocenters. The molecule has 0 unspecified atom stereocenters. The van der Waals surface area contributed by atoms with E-state index in [0.717, 1.165) is 16.8 Å². The van der Waals surface area contributed by atoms with Crippen molar-refractivity contribution in [1.82, 2.24) is 25.1 Å². The monoisotopic (exact) mass is 421 g/mol. The van der Waals surface area contributed by atoms with Crippen molar-refractivity contribution in [2.45, 2.75) is 19.5 Å². The molecule has 0 bridgehead atoms. The maximum atomic E-state index is 14.5. The predicted octanol–water partition coefficient (Wildman–Crippen LogP) is 4.98. The Morgan fingerprint density at radius 2 is 1.73 bits per heavy atom. The van der Waals surface area contributed by atoms with E-state index in [2.05, 4.69) is 15.5 Å². The summed E-state index contributed by atoms with van der Waals surface area (Å²) in [4.78, 5) is 2.00. The average Bonchev–Trinajstić information content (AvgIpc) is 3.21. The zero-order chi connectivity index (χ0) is 21.1. The summed E-state index contributed by atoms with van der Waals surface area (Å²) in [6.07, 6.45) is 0. The minimum absolute atomic E-state index is 0.297. The minimum atomic E-state index is -0.334. The minimum Gasteiger partial charge on any atom is -0.288 e. The van der Waals surface area contributed by atoms with Gasteiger partial charge < -0.3 is 0 Å². The third kappa shape index (κ3) is 3.97. The van der Waals surface area contributed by atoms with Crippen molar-refractivity contribution in [2.75, 3.05) is 7.05 Å². The Kier molecular flexibility index (Phi) is 5.88. The summed E-state index contributed by atoms with van der Waals surface area (Å²) >= 11 is 6.28. The zero-order valence-electron chi connectivity index (χ0n) is 16.7. The smallest absolute Gasteiger partial charge is 0.178 e. The van der Waals surface area contributed by atoms with Gasteiger partial charge in [0.2, 0.25) is 0 Å². The van der Waals surface area contributed by atoms with E-state index in [9.17, 15) is 4.39 Å². The van der Waals surface area contributed by atoms with Gasteiger partial charge >= 0.3 is 0 Å². The molecule has 0 aliphatic rings. The summed E-state index contributed by atoms with van der Waals surface area (Å²) in [7, 11) is 1.91. The molecule has 0 aliphatic heterocycles. The molecule has 0 radical (unpaired) electrons. The Balaban J connectivity index is 1.80. The SMILES string of the molecule is Cc1ccccc1-n1nnnc1[C@H](c1ccccc1)N(C)Cc1c(F)cccc1Cl.